The maximum absolute atomic E-state index is 11.9. The van der Waals surface area contributed by atoms with Crippen molar-refractivity contribution in [3.63, 3.8) is 0 Å². The number of amides is 1. The molecule has 0 bridgehead atoms. The van der Waals surface area contributed by atoms with E-state index in [9.17, 15) is 4.79 Å². The van der Waals surface area contributed by atoms with Crippen molar-refractivity contribution >= 4 is 34.8 Å². The molecular formula is C15H14Cl2N2O. The van der Waals surface area contributed by atoms with E-state index < -0.39 is 0 Å². The summed E-state index contributed by atoms with van der Waals surface area (Å²) in [4.78, 5) is 11.9. The van der Waals surface area contributed by atoms with Crippen molar-refractivity contribution in [2.45, 2.75) is 6.42 Å². The zero-order chi connectivity index (χ0) is 14.5. The molecule has 20 heavy (non-hydrogen) atoms. The Morgan fingerprint density at radius 1 is 1.15 bits per heavy atom. The van der Waals surface area contributed by atoms with E-state index in [0.717, 1.165) is 5.56 Å². The van der Waals surface area contributed by atoms with Gasteiger partial charge in [-0.15, -0.1) is 0 Å². The van der Waals surface area contributed by atoms with Crippen LogP contribution in [0.5, 0.6) is 0 Å². The molecule has 5 heteroatoms. The van der Waals surface area contributed by atoms with Crippen molar-refractivity contribution in [3.8, 4) is 0 Å². The first-order chi connectivity index (χ1) is 9.56. The third-order valence-electron chi connectivity index (χ3n) is 2.84. The number of nitrogens with two attached hydrogens (primary N) is 1. The first kappa shape index (κ1) is 14.7. The fraction of sp³-hybridized carbons (Fsp3) is 0.133. The van der Waals surface area contributed by atoms with E-state index in [2.05, 4.69) is 5.32 Å². The Morgan fingerprint density at radius 3 is 2.65 bits per heavy atom. The molecule has 0 fully saturated rings. The molecule has 2 aromatic carbocycles. The maximum Gasteiger partial charge on any atom is 0.251 e. The first-order valence-corrected chi connectivity index (χ1v) is 6.89. The van der Waals surface area contributed by atoms with E-state index in [-0.39, 0.29) is 5.91 Å². The molecule has 3 nitrogen and oxygen atoms in total. The van der Waals surface area contributed by atoms with Gasteiger partial charge in [-0.1, -0.05) is 35.3 Å². The summed E-state index contributed by atoms with van der Waals surface area (Å²) in [6, 6.07) is 12.2. The monoisotopic (exact) mass is 308 g/mol. The second-order valence-corrected chi connectivity index (χ2v) is 5.21. The third-order valence-corrected chi connectivity index (χ3v) is 3.43. The van der Waals surface area contributed by atoms with Crippen LogP contribution in [-0.2, 0) is 6.42 Å². The molecule has 2 rings (SSSR count). The van der Waals surface area contributed by atoms with E-state index in [0.29, 0.717) is 34.3 Å². The molecular weight excluding hydrogens is 295 g/mol. The average molecular weight is 309 g/mol. The van der Waals surface area contributed by atoms with Gasteiger partial charge in [0.15, 0.2) is 0 Å². The minimum Gasteiger partial charge on any atom is -0.399 e. The zero-order valence-electron chi connectivity index (χ0n) is 10.7. The van der Waals surface area contributed by atoms with Crippen molar-refractivity contribution < 1.29 is 4.79 Å². The highest BCUT2D eigenvalue weighted by molar-refractivity contribution is 6.35. The molecule has 0 aliphatic carbocycles. The van der Waals surface area contributed by atoms with Crippen LogP contribution in [0.4, 0.5) is 5.69 Å². The van der Waals surface area contributed by atoms with Gasteiger partial charge in [0.25, 0.3) is 5.91 Å². The van der Waals surface area contributed by atoms with Gasteiger partial charge in [0.1, 0.15) is 0 Å². The van der Waals surface area contributed by atoms with E-state index in [1.54, 1.807) is 36.4 Å². The van der Waals surface area contributed by atoms with Crippen molar-refractivity contribution in [1.29, 1.82) is 0 Å². The number of benzene rings is 2. The molecule has 0 heterocycles. The lowest BCUT2D eigenvalue weighted by Gasteiger charge is -2.07. The van der Waals surface area contributed by atoms with Crippen LogP contribution in [0.1, 0.15) is 15.9 Å². The highest BCUT2D eigenvalue weighted by Gasteiger charge is 2.06. The molecule has 0 unspecified atom stereocenters. The standard InChI is InChI=1S/C15H14Cl2N2O/c16-12-5-4-10(14(17)9-12)6-7-19-15(20)11-2-1-3-13(18)8-11/h1-5,8-9H,6-7,18H2,(H,19,20). The van der Waals surface area contributed by atoms with Crippen LogP contribution in [0.3, 0.4) is 0 Å². The highest BCUT2D eigenvalue weighted by Crippen LogP contribution is 2.21. The Bertz CT molecular complexity index is 629. The van der Waals surface area contributed by atoms with E-state index in [1.165, 1.54) is 0 Å². The van der Waals surface area contributed by atoms with Crippen LogP contribution >= 0.6 is 23.2 Å². The molecule has 0 radical (unpaired) electrons. The second-order valence-electron chi connectivity index (χ2n) is 4.37. The molecule has 0 saturated heterocycles. The van der Waals surface area contributed by atoms with Crippen molar-refractivity contribution in [2.24, 2.45) is 0 Å². The van der Waals surface area contributed by atoms with Gasteiger partial charge in [-0.3, -0.25) is 4.79 Å². The van der Waals surface area contributed by atoms with Gasteiger partial charge in [0, 0.05) is 27.8 Å². The molecule has 0 atom stereocenters. The van der Waals surface area contributed by atoms with Gasteiger partial charge in [0.2, 0.25) is 0 Å². The number of nitrogen functional groups attached to an aromatic ring is 1. The Labute approximate surface area is 127 Å². The van der Waals surface area contributed by atoms with E-state index in [1.807, 2.05) is 6.07 Å². The van der Waals surface area contributed by atoms with E-state index >= 15 is 0 Å². The number of anilines is 1. The van der Waals surface area contributed by atoms with Crippen LogP contribution in [0.15, 0.2) is 42.5 Å². The van der Waals surface area contributed by atoms with Gasteiger partial charge < -0.3 is 11.1 Å². The van der Waals surface area contributed by atoms with Crippen LogP contribution in [0.2, 0.25) is 10.0 Å². The summed E-state index contributed by atoms with van der Waals surface area (Å²) >= 11 is 11.9. The normalized spacial score (nSPS) is 10.3. The van der Waals surface area contributed by atoms with Crippen molar-refractivity contribution in [3.05, 3.63) is 63.6 Å². The van der Waals surface area contributed by atoms with Gasteiger partial charge in [0.05, 0.1) is 0 Å². The Kier molecular flexibility index (Phi) is 4.88. The second kappa shape index (κ2) is 6.64. The van der Waals surface area contributed by atoms with Crippen molar-refractivity contribution in [2.75, 3.05) is 12.3 Å². The smallest absolute Gasteiger partial charge is 0.251 e. The average Bonchev–Trinajstić information content (AvgIpc) is 2.41. The van der Waals surface area contributed by atoms with Gasteiger partial charge in [-0.05, 0) is 42.3 Å². The summed E-state index contributed by atoms with van der Waals surface area (Å²) in [5, 5.41) is 4.04. The number of carbonyl (C=O) groups excluding carboxylic acids is 1. The molecule has 0 saturated carbocycles. The number of carbonyl (C=O) groups is 1. The van der Waals surface area contributed by atoms with Crippen LogP contribution in [0, 0.1) is 0 Å². The molecule has 1 amide bonds. The Hall–Kier alpha value is -1.71. The number of hydrogen-bond acceptors (Lipinski definition) is 2. The Morgan fingerprint density at radius 2 is 1.95 bits per heavy atom. The summed E-state index contributed by atoms with van der Waals surface area (Å²) in [7, 11) is 0. The summed E-state index contributed by atoms with van der Waals surface area (Å²) < 4.78 is 0. The predicted octanol–water partition coefficient (Wildman–Crippen LogP) is 3.55. The quantitative estimate of drug-likeness (QED) is 0.849. The molecule has 0 aliphatic rings. The molecule has 3 N–H and O–H groups in total. The molecule has 2 aromatic rings. The number of halogens is 2. The molecule has 0 aromatic heterocycles. The summed E-state index contributed by atoms with van der Waals surface area (Å²) in [6.45, 7) is 0.495. The summed E-state index contributed by atoms with van der Waals surface area (Å²) in [5.74, 6) is -0.151. The summed E-state index contributed by atoms with van der Waals surface area (Å²) in [6.07, 6.45) is 0.643. The number of nitrogens with one attached hydrogen (secondary N) is 1. The SMILES string of the molecule is Nc1cccc(C(=O)NCCc2ccc(Cl)cc2Cl)c1. The lowest BCUT2D eigenvalue weighted by Crippen LogP contribution is -2.25. The van der Waals surface area contributed by atoms with Gasteiger partial charge in [-0.2, -0.15) is 0 Å². The third kappa shape index (κ3) is 3.89. The molecule has 104 valence electrons. The predicted molar refractivity (Wildman–Crippen MR) is 83.4 cm³/mol. The first-order valence-electron chi connectivity index (χ1n) is 6.14. The zero-order valence-corrected chi connectivity index (χ0v) is 12.2. The lowest BCUT2D eigenvalue weighted by molar-refractivity contribution is 0.0954. The molecule has 0 aliphatic heterocycles. The van der Waals surface area contributed by atoms with Crippen molar-refractivity contribution in [1.82, 2.24) is 5.32 Å². The fourth-order valence-corrected chi connectivity index (χ4v) is 2.32. The minimum atomic E-state index is -0.151. The minimum absolute atomic E-state index is 0.151. The topological polar surface area (TPSA) is 55.1 Å². The fourth-order valence-electron chi connectivity index (χ4n) is 1.82. The Balaban J connectivity index is 1.91. The lowest BCUT2D eigenvalue weighted by atomic mass is 10.1. The summed E-state index contributed by atoms with van der Waals surface area (Å²) in [5.41, 5.74) is 7.70. The van der Waals surface area contributed by atoms with Gasteiger partial charge >= 0.3 is 0 Å². The maximum atomic E-state index is 11.9. The van der Waals surface area contributed by atoms with Crippen LogP contribution in [0.25, 0.3) is 0 Å². The number of hydrogen-bond donors (Lipinski definition) is 2. The highest BCUT2D eigenvalue weighted by atomic mass is 35.5. The van der Waals surface area contributed by atoms with E-state index in [4.69, 9.17) is 28.9 Å². The van der Waals surface area contributed by atoms with Gasteiger partial charge in [-0.25, -0.2) is 0 Å². The van der Waals surface area contributed by atoms with Crippen LogP contribution in [-0.4, -0.2) is 12.5 Å². The largest absolute Gasteiger partial charge is 0.399 e. The molecule has 0 spiro atoms. The number of rotatable bonds is 4. The van der Waals surface area contributed by atoms with Crippen LogP contribution < -0.4 is 11.1 Å².